The molecule has 0 unspecified atom stereocenters. The van der Waals surface area contributed by atoms with Crippen LogP contribution in [0.2, 0.25) is 0 Å². The van der Waals surface area contributed by atoms with E-state index in [1.807, 2.05) is 13.0 Å². The van der Waals surface area contributed by atoms with Gasteiger partial charge in [-0.25, -0.2) is 9.59 Å². The Balaban J connectivity index is 3.01. The molecule has 2 rings (SSSR count). The van der Waals surface area contributed by atoms with Crippen LogP contribution in [0.5, 0.6) is 0 Å². The molecule has 16 heavy (non-hydrogen) atoms. The van der Waals surface area contributed by atoms with Gasteiger partial charge in [0.2, 0.25) is 0 Å². The second-order valence-corrected chi connectivity index (χ2v) is 3.74. The monoisotopic (exact) mass is 218 g/mol. The summed E-state index contributed by atoms with van der Waals surface area (Å²) in [6, 6.07) is 4.53. The molecule has 0 aliphatic carbocycles. The van der Waals surface area contributed by atoms with Crippen LogP contribution in [0, 0.1) is 13.8 Å². The molecular weight excluding hydrogens is 208 g/mol. The molecule has 0 fully saturated rings. The highest BCUT2D eigenvalue weighted by Gasteiger charge is 2.14. The Labute approximate surface area is 91.1 Å². The molecule has 0 aliphatic heterocycles. The molecule has 4 heteroatoms. The molecule has 0 amide bonds. The van der Waals surface area contributed by atoms with Gasteiger partial charge in [-0.15, -0.1) is 0 Å². The number of carbonyl (C=O) groups is 1. The highest BCUT2D eigenvalue weighted by Crippen LogP contribution is 2.22. The van der Waals surface area contributed by atoms with Gasteiger partial charge in [-0.3, -0.25) is 0 Å². The van der Waals surface area contributed by atoms with Crippen LogP contribution in [-0.2, 0) is 0 Å². The summed E-state index contributed by atoms with van der Waals surface area (Å²) in [5.74, 6) is -1.12. The van der Waals surface area contributed by atoms with E-state index < -0.39 is 11.6 Å². The topological polar surface area (TPSA) is 67.5 Å². The number of benzene rings is 1. The van der Waals surface area contributed by atoms with Crippen molar-refractivity contribution in [2.45, 2.75) is 13.8 Å². The first-order chi connectivity index (χ1) is 7.49. The number of hydrogen-bond donors (Lipinski definition) is 1. The Morgan fingerprint density at radius 2 is 1.94 bits per heavy atom. The summed E-state index contributed by atoms with van der Waals surface area (Å²) in [5.41, 5.74) is 1.38. The Bertz CT molecular complexity index is 637. The fourth-order valence-corrected chi connectivity index (χ4v) is 1.85. The van der Waals surface area contributed by atoms with E-state index in [-0.39, 0.29) is 5.56 Å². The average molecular weight is 218 g/mol. The maximum atomic E-state index is 11.2. The minimum absolute atomic E-state index is 0.0104. The van der Waals surface area contributed by atoms with Crippen molar-refractivity contribution in [1.29, 1.82) is 0 Å². The lowest BCUT2D eigenvalue weighted by molar-refractivity contribution is 0.0698. The first-order valence-corrected chi connectivity index (χ1v) is 4.77. The van der Waals surface area contributed by atoms with Crippen LogP contribution >= 0.6 is 0 Å². The van der Waals surface area contributed by atoms with Gasteiger partial charge in [0.1, 0.15) is 5.58 Å². The van der Waals surface area contributed by atoms with Crippen molar-refractivity contribution in [2.75, 3.05) is 0 Å². The second kappa shape index (κ2) is 3.48. The molecule has 0 spiro atoms. The van der Waals surface area contributed by atoms with E-state index in [0.717, 1.165) is 17.2 Å². The largest absolute Gasteiger partial charge is 0.478 e. The van der Waals surface area contributed by atoms with Crippen LogP contribution in [0.3, 0.4) is 0 Å². The number of aryl methyl sites for hydroxylation is 2. The molecule has 0 bridgehead atoms. The molecule has 1 aromatic carbocycles. The fourth-order valence-electron chi connectivity index (χ4n) is 1.85. The Morgan fingerprint density at radius 3 is 2.56 bits per heavy atom. The Kier molecular flexibility index (Phi) is 2.27. The van der Waals surface area contributed by atoms with Crippen molar-refractivity contribution in [3.8, 4) is 0 Å². The molecule has 1 heterocycles. The van der Waals surface area contributed by atoms with Crippen LogP contribution in [-0.4, -0.2) is 11.1 Å². The third kappa shape index (κ3) is 1.58. The summed E-state index contributed by atoms with van der Waals surface area (Å²) in [6.07, 6.45) is 0. The number of hydrogen-bond acceptors (Lipinski definition) is 3. The highest BCUT2D eigenvalue weighted by molar-refractivity contribution is 6.03. The summed E-state index contributed by atoms with van der Waals surface area (Å²) >= 11 is 0. The molecule has 0 atom stereocenters. The van der Waals surface area contributed by atoms with Crippen LogP contribution in [0.25, 0.3) is 11.0 Å². The zero-order valence-electron chi connectivity index (χ0n) is 8.90. The van der Waals surface area contributed by atoms with Crippen molar-refractivity contribution in [3.63, 3.8) is 0 Å². The van der Waals surface area contributed by atoms with Gasteiger partial charge in [-0.2, -0.15) is 0 Å². The molecule has 2 aromatic rings. The third-order valence-electron chi connectivity index (χ3n) is 2.42. The van der Waals surface area contributed by atoms with Crippen molar-refractivity contribution in [2.24, 2.45) is 0 Å². The highest BCUT2D eigenvalue weighted by atomic mass is 16.4. The number of rotatable bonds is 1. The molecule has 1 N–H and O–H groups in total. The molecule has 4 nitrogen and oxygen atoms in total. The third-order valence-corrected chi connectivity index (χ3v) is 2.42. The van der Waals surface area contributed by atoms with Gasteiger partial charge in [0.05, 0.1) is 5.56 Å². The van der Waals surface area contributed by atoms with Crippen molar-refractivity contribution in [1.82, 2.24) is 0 Å². The Morgan fingerprint density at radius 1 is 1.25 bits per heavy atom. The number of fused-ring (bicyclic) bond motifs is 1. The summed E-state index contributed by atoms with van der Waals surface area (Å²) < 4.78 is 5.00. The molecule has 1 aromatic heterocycles. The van der Waals surface area contributed by atoms with Crippen LogP contribution in [0.15, 0.2) is 27.4 Å². The summed E-state index contributed by atoms with van der Waals surface area (Å²) in [6.45, 7) is 3.65. The van der Waals surface area contributed by atoms with Gasteiger partial charge in [0, 0.05) is 11.5 Å². The maximum absolute atomic E-state index is 11.2. The normalized spacial score (nSPS) is 10.6. The van der Waals surface area contributed by atoms with E-state index in [9.17, 15) is 9.59 Å². The van der Waals surface area contributed by atoms with Crippen molar-refractivity contribution in [3.05, 3.63) is 45.3 Å². The minimum atomic E-state index is -1.12. The molecule has 0 radical (unpaired) electrons. The molecule has 82 valence electrons. The quantitative estimate of drug-likeness (QED) is 0.744. The smallest absolute Gasteiger partial charge is 0.337 e. The van der Waals surface area contributed by atoms with Gasteiger partial charge in [-0.1, -0.05) is 6.07 Å². The summed E-state index contributed by atoms with van der Waals surface area (Å²) in [5, 5.41) is 9.50. The standard InChI is InChI=1S/C12H10O4/c1-6-3-7(2)11-8(12(14)15)5-10(13)16-9(11)4-6/h3-5H,1-2H3,(H,14,15). The van der Waals surface area contributed by atoms with Gasteiger partial charge >= 0.3 is 11.6 Å². The van der Waals surface area contributed by atoms with Gasteiger partial charge in [0.15, 0.2) is 0 Å². The van der Waals surface area contributed by atoms with Crippen LogP contribution in [0.4, 0.5) is 0 Å². The lowest BCUT2D eigenvalue weighted by Gasteiger charge is -2.05. The molecule has 0 saturated heterocycles. The van der Waals surface area contributed by atoms with E-state index in [1.54, 1.807) is 13.0 Å². The van der Waals surface area contributed by atoms with Crippen LogP contribution in [0.1, 0.15) is 21.5 Å². The van der Waals surface area contributed by atoms with E-state index in [0.29, 0.717) is 11.0 Å². The second-order valence-electron chi connectivity index (χ2n) is 3.74. The minimum Gasteiger partial charge on any atom is -0.478 e. The van der Waals surface area contributed by atoms with Gasteiger partial charge in [0.25, 0.3) is 0 Å². The molecule has 0 aliphatic rings. The van der Waals surface area contributed by atoms with E-state index in [2.05, 4.69) is 0 Å². The first kappa shape index (κ1) is 10.4. The summed E-state index contributed by atoms with van der Waals surface area (Å²) in [7, 11) is 0. The number of aromatic carboxylic acids is 1. The lowest BCUT2D eigenvalue weighted by atomic mass is 10.0. The Hall–Kier alpha value is -2.10. The van der Waals surface area contributed by atoms with Crippen molar-refractivity contribution >= 4 is 16.9 Å². The number of carboxylic acids is 1. The summed E-state index contributed by atoms with van der Waals surface area (Å²) in [4.78, 5) is 22.2. The first-order valence-electron chi connectivity index (χ1n) is 4.77. The fraction of sp³-hybridized carbons (Fsp3) is 0.167. The zero-order valence-corrected chi connectivity index (χ0v) is 8.90. The predicted molar refractivity (Wildman–Crippen MR) is 58.9 cm³/mol. The maximum Gasteiger partial charge on any atom is 0.337 e. The lowest BCUT2D eigenvalue weighted by Crippen LogP contribution is -2.06. The van der Waals surface area contributed by atoms with Gasteiger partial charge in [-0.05, 0) is 31.0 Å². The van der Waals surface area contributed by atoms with Crippen molar-refractivity contribution < 1.29 is 14.3 Å². The van der Waals surface area contributed by atoms with E-state index in [1.165, 1.54) is 0 Å². The zero-order chi connectivity index (χ0) is 11.9. The molecular formula is C12H10O4. The van der Waals surface area contributed by atoms with Gasteiger partial charge < -0.3 is 9.52 Å². The predicted octanol–water partition coefficient (Wildman–Crippen LogP) is 2.11. The van der Waals surface area contributed by atoms with E-state index >= 15 is 0 Å². The SMILES string of the molecule is Cc1cc(C)c2c(C(=O)O)cc(=O)oc2c1. The van der Waals surface area contributed by atoms with E-state index in [4.69, 9.17) is 9.52 Å². The van der Waals surface area contributed by atoms with Crippen LogP contribution < -0.4 is 5.63 Å². The number of carboxylic acid groups (broad SMARTS) is 1. The average Bonchev–Trinajstić information content (AvgIpc) is 2.14. The molecule has 0 saturated carbocycles.